The van der Waals surface area contributed by atoms with Crippen molar-refractivity contribution in [1.82, 2.24) is 0 Å². The molecule has 17 heavy (non-hydrogen) atoms. The van der Waals surface area contributed by atoms with Crippen LogP contribution in [0.1, 0.15) is 5.56 Å². The van der Waals surface area contributed by atoms with Gasteiger partial charge >= 0.3 is 5.97 Å². The van der Waals surface area contributed by atoms with E-state index in [-0.39, 0.29) is 6.61 Å². The van der Waals surface area contributed by atoms with E-state index in [1.165, 1.54) is 0 Å². The molecule has 1 aromatic rings. The van der Waals surface area contributed by atoms with Crippen LogP contribution in [0.2, 0.25) is 0 Å². The molecule has 0 aliphatic carbocycles. The van der Waals surface area contributed by atoms with Crippen molar-refractivity contribution in [3.63, 3.8) is 0 Å². The summed E-state index contributed by atoms with van der Waals surface area (Å²) in [5.74, 6) is -1.89. The minimum Gasteiger partial charge on any atom is -0.478 e. The monoisotopic (exact) mass is 255 g/mol. The summed E-state index contributed by atoms with van der Waals surface area (Å²) in [7, 11) is 0. The average molecular weight is 256 g/mol. The third kappa shape index (κ3) is 3.39. The fourth-order valence-corrected chi connectivity index (χ4v) is 1.37. The summed E-state index contributed by atoms with van der Waals surface area (Å²) in [6, 6.07) is 8.89. The van der Waals surface area contributed by atoms with Crippen molar-refractivity contribution in [1.29, 1.82) is 0 Å². The third-order valence-electron chi connectivity index (χ3n) is 2.06. The first-order valence-electron chi connectivity index (χ1n) is 4.71. The Morgan fingerprint density at radius 1 is 1.47 bits per heavy atom. The van der Waals surface area contributed by atoms with Crippen LogP contribution in [-0.2, 0) is 20.9 Å². The molecule has 1 aromatic carbocycles. The molecule has 0 bridgehead atoms. The van der Waals surface area contributed by atoms with Gasteiger partial charge in [-0.25, -0.2) is 9.59 Å². The molecule has 1 atom stereocenters. The van der Waals surface area contributed by atoms with E-state index in [9.17, 15) is 9.59 Å². The SMILES string of the molecule is O=C=NC(CCl)(OCc1ccccc1)C(=O)O. The van der Waals surface area contributed by atoms with Crippen molar-refractivity contribution in [3.05, 3.63) is 35.9 Å². The van der Waals surface area contributed by atoms with Gasteiger partial charge in [0, 0.05) is 0 Å². The zero-order chi connectivity index (χ0) is 12.7. The zero-order valence-electron chi connectivity index (χ0n) is 8.80. The van der Waals surface area contributed by atoms with Gasteiger partial charge in [0.15, 0.2) is 0 Å². The molecule has 1 N–H and O–H groups in total. The van der Waals surface area contributed by atoms with Crippen LogP contribution < -0.4 is 0 Å². The van der Waals surface area contributed by atoms with Crippen LogP contribution in [-0.4, -0.2) is 28.8 Å². The van der Waals surface area contributed by atoms with Gasteiger partial charge in [-0.1, -0.05) is 30.3 Å². The lowest BCUT2D eigenvalue weighted by Gasteiger charge is -2.21. The first-order valence-corrected chi connectivity index (χ1v) is 5.24. The van der Waals surface area contributed by atoms with Gasteiger partial charge in [-0.05, 0) is 5.56 Å². The Bertz CT molecular complexity index is 426. The van der Waals surface area contributed by atoms with E-state index < -0.39 is 17.6 Å². The molecule has 0 radical (unpaired) electrons. The van der Waals surface area contributed by atoms with E-state index >= 15 is 0 Å². The van der Waals surface area contributed by atoms with Crippen molar-refractivity contribution in [2.24, 2.45) is 4.99 Å². The standard InChI is InChI=1S/C11H10ClNO4/c12-7-11(10(15)16,13-8-14)17-6-9-4-2-1-3-5-9/h1-5H,6-7H2,(H,15,16). The van der Waals surface area contributed by atoms with Gasteiger partial charge in [-0.3, -0.25) is 0 Å². The van der Waals surface area contributed by atoms with Crippen LogP contribution >= 0.6 is 11.6 Å². The molecule has 90 valence electrons. The first kappa shape index (κ1) is 13.4. The number of benzene rings is 1. The van der Waals surface area contributed by atoms with Gasteiger partial charge < -0.3 is 9.84 Å². The van der Waals surface area contributed by atoms with Crippen LogP contribution in [0.15, 0.2) is 35.3 Å². The Morgan fingerprint density at radius 3 is 2.59 bits per heavy atom. The maximum Gasteiger partial charge on any atom is 0.361 e. The number of rotatable bonds is 6. The topological polar surface area (TPSA) is 76.0 Å². The fraction of sp³-hybridized carbons (Fsp3) is 0.273. The number of aliphatic carboxylic acids is 1. The molecule has 0 amide bonds. The minimum atomic E-state index is -2.07. The Morgan fingerprint density at radius 2 is 2.12 bits per heavy atom. The number of hydrogen-bond acceptors (Lipinski definition) is 4. The highest BCUT2D eigenvalue weighted by Gasteiger charge is 2.39. The predicted molar refractivity (Wildman–Crippen MR) is 60.4 cm³/mol. The van der Waals surface area contributed by atoms with E-state index in [0.717, 1.165) is 11.6 Å². The quantitative estimate of drug-likeness (QED) is 0.475. The predicted octanol–water partition coefficient (Wildman–Crippen LogP) is 1.56. The summed E-state index contributed by atoms with van der Waals surface area (Å²) in [5, 5.41) is 8.95. The Labute approximate surface area is 103 Å². The molecule has 0 heterocycles. The van der Waals surface area contributed by atoms with Crippen LogP contribution in [0.3, 0.4) is 0 Å². The normalized spacial score (nSPS) is 13.5. The van der Waals surface area contributed by atoms with Crippen LogP contribution in [0, 0.1) is 0 Å². The number of hydrogen-bond donors (Lipinski definition) is 1. The van der Waals surface area contributed by atoms with Crippen molar-refractivity contribution < 1.29 is 19.4 Å². The highest BCUT2D eigenvalue weighted by Crippen LogP contribution is 2.18. The van der Waals surface area contributed by atoms with Gasteiger partial charge in [-0.15, -0.1) is 11.6 Å². The molecule has 0 aliphatic heterocycles. The maximum absolute atomic E-state index is 11.0. The number of alkyl halides is 1. The lowest BCUT2D eigenvalue weighted by atomic mass is 10.2. The molecule has 0 saturated heterocycles. The highest BCUT2D eigenvalue weighted by molar-refractivity contribution is 6.20. The van der Waals surface area contributed by atoms with E-state index in [0.29, 0.717) is 0 Å². The number of carboxylic acid groups (broad SMARTS) is 1. The summed E-state index contributed by atoms with van der Waals surface area (Å²) in [5.41, 5.74) is -1.32. The number of isocyanates is 1. The van der Waals surface area contributed by atoms with Crippen LogP contribution in [0.4, 0.5) is 0 Å². The van der Waals surface area contributed by atoms with Gasteiger partial charge in [0.1, 0.15) is 0 Å². The van der Waals surface area contributed by atoms with E-state index in [1.807, 2.05) is 6.07 Å². The molecule has 1 unspecified atom stereocenters. The van der Waals surface area contributed by atoms with Gasteiger partial charge in [0.2, 0.25) is 6.08 Å². The second-order valence-corrected chi connectivity index (χ2v) is 3.47. The number of ether oxygens (including phenoxy) is 1. The Kier molecular flexibility index (Phi) is 4.84. The molecule has 0 fully saturated rings. The highest BCUT2D eigenvalue weighted by atomic mass is 35.5. The summed E-state index contributed by atoms with van der Waals surface area (Å²) >= 11 is 5.49. The van der Waals surface area contributed by atoms with Crippen molar-refractivity contribution in [2.45, 2.75) is 12.3 Å². The van der Waals surface area contributed by atoms with Gasteiger partial charge in [0.05, 0.1) is 12.5 Å². The lowest BCUT2D eigenvalue weighted by molar-refractivity contribution is -0.163. The third-order valence-corrected chi connectivity index (χ3v) is 2.42. The molecule has 0 aromatic heterocycles. The number of halogens is 1. The van der Waals surface area contributed by atoms with Crippen molar-refractivity contribution in [3.8, 4) is 0 Å². The Balaban J connectivity index is 2.81. The number of carbonyl (C=O) groups excluding carboxylic acids is 1. The van der Waals surface area contributed by atoms with Crippen molar-refractivity contribution >= 4 is 23.7 Å². The molecule has 5 nitrogen and oxygen atoms in total. The zero-order valence-corrected chi connectivity index (χ0v) is 9.55. The molecule has 6 heteroatoms. The molecular weight excluding hydrogens is 246 g/mol. The van der Waals surface area contributed by atoms with Crippen LogP contribution in [0.5, 0.6) is 0 Å². The lowest BCUT2D eigenvalue weighted by Crippen LogP contribution is -2.41. The minimum absolute atomic E-state index is 0.00889. The van der Waals surface area contributed by atoms with Gasteiger partial charge in [0.25, 0.3) is 5.72 Å². The molecular formula is C11H10ClNO4. The van der Waals surface area contributed by atoms with Crippen LogP contribution in [0.25, 0.3) is 0 Å². The second-order valence-electron chi connectivity index (χ2n) is 3.20. The fourth-order valence-electron chi connectivity index (χ4n) is 1.12. The maximum atomic E-state index is 11.0. The second kappa shape index (κ2) is 6.15. The summed E-state index contributed by atoms with van der Waals surface area (Å²) < 4.78 is 5.11. The number of carboxylic acids is 1. The van der Waals surface area contributed by atoms with E-state index in [4.69, 9.17) is 21.4 Å². The largest absolute Gasteiger partial charge is 0.478 e. The van der Waals surface area contributed by atoms with Crippen molar-refractivity contribution in [2.75, 3.05) is 5.88 Å². The van der Waals surface area contributed by atoms with E-state index in [2.05, 4.69) is 4.99 Å². The summed E-state index contributed by atoms with van der Waals surface area (Å²) in [6.45, 7) is -0.00889. The molecule has 0 saturated carbocycles. The summed E-state index contributed by atoms with van der Waals surface area (Å²) in [4.78, 5) is 24.3. The average Bonchev–Trinajstić information content (AvgIpc) is 2.35. The molecule has 0 spiro atoms. The molecule has 0 aliphatic rings. The smallest absolute Gasteiger partial charge is 0.361 e. The first-order chi connectivity index (χ1) is 8.14. The van der Waals surface area contributed by atoms with Gasteiger partial charge in [-0.2, -0.15) is 4.99 Å². The number of nitrogens with zero attached hydrogens (tertiary/aromatic N) is 1. The number of carbonyl (C=O) groups is 1. The molecule has 1 rings (SSSR count). The summed E-state index contributed by atoms with van der Waals surface area (Å²) in [6.07, 6.45) is 1.16. The number of aliphatic imine (C=N–C) groups is 1. The van der Waals surface area contributed by atoms with E-state index in [1.54, 1.807) is 24.3 Å². The Hall–Kier alpha value is -1.68.